The van der Waals surface area contributed by atoms with Crippen molar-refractivity contribution in [2.75, 3.05) is 36.4 Å². The van der Waals surface area contributed by atoms with Crippen LogP contribution in [0.25, 0.3) is 0 Å². The lowest BCUT2D eigenvalue weighted by atomic mass is 10.2. The zero-order valence-corrected chi connectivity index (χ0v) is 13.3. The molecule has 6 heteroatoms. The lowest BCUT2D eigenvalue weighted by Gasteiger charge is -2.36. The van der Waals surface area contributed by atoms with Crippen LogP contribution in [0.5, 0.6) is 5.75 Å². The van der Waals surface area contributed by atoms with Crippen LogP contribution in [-0.4, -0.2) is 42.2 Å². The zero-order chi connectivity index (χ0) is 16.2. The largest absolute Gasteiger partial charge is 0.508 e. The minimum atomic E-state index is -0.152. The zero-order valence-electron chi connectivity index (χ0n) is 12.6. The van der Waals surface area contributed by atoms with Crippen molar-refractivity contribution in [2.45, 2.75) is 0 Å². The SMILES string of the molecule is O=C(Nc1cccc(O)c1)N1CCN(c2cccc(Cl)c2)CC1. The van der Waals surface area contributed by atoms with Crippen molar-refractivity contribution >= 4 is 29.0 Å². The molecule has 0 bridgehead atoms. The number of phenols is 1. The second kappa shape index (κ2) is 6.79. The Labute approximate surface area is 140 Å². The highest BCUT2D eigenvalue weighted by Crippen LogP contribution is 2.21. The predicted molar refractivity (Wildman–Crippen MR) is 92.4 cm³/mol. The number of carbonyl (C=O) groups is 1. The Morgan fingerprint density at radius 1 is 1.04 bits per heavy atom. The van der Waals surface area contributed by atoms with E-state index in [0.717, 1.165) is 18.8 Å². The average molecular weight is 332 g/mol. The number of nitrogens with zero attached hydrogens (tertiary/aromatic N) is 2. The van der Waals surface area contributed by atoms with Crippen LogP contribution in [-0.2, 0) is 0 Å². The standard InChI is InChI=1S/C17H18ClN3O2/c18-13-3-1-5-15(11-13)20-7-9-21(10-8-20)17(23)19-14-4-2-6-16(22)12-14/h1-6,11-12,22H,7-10H2,(H,19,23). The molecule has 0 radical (unpaired) electrons. The average Bonchev–Trinajstić information content (AvgIpc) is 2.55. The fraction of sp³-hybridized carbons (Fsp3) is 0.235. The highest BCUT2D eigenvalue weighted by atomic mass is 35.5. The molecule has 23 heavy (non-hydrogen) atoms. The maximum atomic E-state index is 12.3. The molecule has 2 N–H and O–H groups in total. The van der Waals surface area contributed by atoms with E-state index >= 15 is 0 Å². The van der Waals surface area contributed by atoms with E-state index < -0.39 is 0 Å². The van der Waals surface area contributed by atoms with Crippen molar-refractivity contribution in [3.63, 3.8) is 0 Å². The normalized spacial score (nSPS) is 14.7. The van der Waals surface area contributed by atoms with Gasteiger partial charge in [0, 0.05) is 48.6 Å². The van der Waals surface area contributed by atoms with Gasteiger partial charge in [-0.2, -0.15) is 0 Å². The summed E-state index contributed by atoms with van der Waals surface area (Å²) >= 11 is 6.02. The van der Waals surface area contributed by atoms with Crippen LogP contribution >= 0.6 is 11.6 Å². The Hall–Kier alpha value is -2.40. The van der Waals surface area contributed by atoms with E-state index in [2.05, 4.69) is 10.2 Å². The molecular weight excluding hydrogens is 314 g/mol. The van der Waals surface area contributed by atoms with Crippen LogP contribution in [0.4, 0.5) is 16.2 Å². The molecule has 5 nitrogen and oxygen atoms in total. The smallest absolute Gasteiger partial charge is 0.321 e. The molecule has 0 unspecified atom stereocenters. The minimum Gasteiger partial charge on any atom is -0.508 e. The van der Waals surface area contributed by atoms with Gasteiger partial charge in [-0.15, -0.1) is 0 Å². The number of carbonyl (C=O) groups excluding carboxylic acids is 1. The molecule has 0 spiro atoms. The van der Waals surface area contributed by atoms with Crippen molar-refractivity contribution in [1.29, 1.82) is 0 Å². The number of hydrogen-bond donors (Lipinski definition) is 2. The number of amides is 2. The van der Waals surface area contributed by atoms with E-state index in [1.54, 1.807) is 23.1 Å². The fourth-order valence-corrected chi connectivity index (χ4v) is 2.81. The third-order valence-electron chi connectivity index (χ3n) is 3.84. The van der Waals surface area contributed by atoms with Crippen LogP contribution < -0.4 is 10.2 Å². The minimum absolute atomic E-state index is 0.133. The summed E-state index contributed by atoms with van der Waals surface area (Å²) < 4.78 is 0. The molecule has 3 rings (SSSR count). The first kappa shape index (κ1) is 15.5. The quantitative estimate of drug-likeness (QED) is 0.886. The molecule has 1 aliphatic heterocycles. The van der Waals surface area contributed by atoms with Gasteiger partial charge in [-0.3, -0.25) is 0 Å². The number of benzene rings is 2. The molecule has 0 saturated carbocycles. The van der Waals surface area contributed by atoms with Gasteiger partial charge in [0.2, 0.25) is 0 Å². The Bertz CT molecular complexity index is 700. The van der Waals surface area contributed by atoms with Gasteiger partial charge in [-0.1, -0.05) is 23.7 Å². The highest BCUT2D eigenvalue weighted by Gasteiger charge is 2.21. The van der Waals surface area contributed by atoms with Gasteiger partial charge in [0.1, 0.15) is 5.75 Å². The second-order valence-corrected chi connectivity index (χ2v) is 5.87. The van der Waals surface area contributed by atoms with Crippen molar-refractivity contribution in [3.05, 3.63) is 53.6 Å². The molecule has 0 atom stereocenters. The lowest BCUT2D eigenvalue weighted by Crippen LogP contribution is -2.50. The highest BCUT2D eigenvalue weighted by molar-refractivity contribution is 6.30. The van der Waals surface area contributed by atoms with Gasteiger partial charge < -0.3 is 20.2 Å². The van der Waals surface area contributed by atoms with Crippen LogP contribution in [0.15, 0.2) is 48.5 Å². The van der Waals surface area contributed by atoms with E-state index in [-0.39, 0.29) is 11.8 Å². The van der Waals surface area contributed by atoms with E-state index in [1.807, 2.05) is 24.3 Å². The molecule has 1 saturated heterocycles. The number of urea groups is 1. The van der Waals surface area contributed by atoms with E-state index in [0.29, 0.717) is 23.8 Å². The van der Waals surface area contributed by atoms with Gasteiger partial charge in [0.15, 0.2) is 0 Å². The number of phenolic OH excluding ortho intramolecular Hbond substituents is 1. The van der Waals surface area contributed by atoms with Crippen LogP contribution in [0.2, 0.25) is 5.02 Å². The monoisotopic (exact) mass is 331 g/mol. The Morgan fingerprint density at radius 3 is 2.48 bits per heavy atom. The van der Waals surface area contributed by atoms with Gasteiger partial charge >= 0.3 is 6.03 Å². The summed E-state index contributed by atoms with van der Waals surface area (Å²) in [6, 6.07) is 14.1. The number of piperazine rings is 1. The maximum absolute atomic E-state index is 12.3. The summed E-state index contributed by atoms with van der Waals surface area (Å²) in [5.74, 6) is 0.133. The number of aromatic hydroxyl groups is 1. The number of anilines is 2. The number of nitrogens with one attached hydrogen (secondary N) is 1. The maximum Gasteiger partial charge on any atom is 0.321 e. The second-order valence-electron chi connectivity index (χ2n) is 5.43. The Kier molecular flexibility index (Phi) is 4.57. The third kappa shape index (κ3) is 3.87. The van der Waals surface area contributed by atoms with Crippen molar-refractivity contribution in [3.8, 4) is 5.75 Å². The summed E-state index contributed by atoms with van der Waals surface area (Å²) in [5, 5.41) is 13.0. The van der Waals surface area contributed by atoms with Gasteiger partial charge in [-0.25, -0.2) is 4.79 Å². The summed E-state index contributed by atoms with van der Waals surface area (Å²) in [4.78, 5) is 16.3. The predicted octanol–water partition coefficient (Wildman–Crippen LogP) is 3.40. The van der Waals surface area contributed by atoms with Gasteiger partial charge in [-0.05, 0) is 30.3 Å². The summed E-state index contributed by atoms with van der Waals surface area (Å²) in [5.41, 5.74) is 1.66. The molecule has 2 aromatic carbocycles. The summed E-state index contributed by atoms with van der Waals surface area (Å²) in [7, 11) is 0. The van der Waals surface area contributed by atoms with Crippen LogP contribution in [0.1, 0.15) is 0 Å². The summed E-state index contributed by atoms with van der Waals surface area (Å²) in [6.45, 7) is 2.79. The topological polar surface area (TPSA) is 55.8 Å². The molecule has 1 heterocycles. The van der Waals surface area contributed by atoms with E-state index in [4.69, 9.17) is 11.6 Å². The molecule has 120 valence electrons. The molecular formula is C17H18ClN3O2. The molecule has 2 aromatic rings. The first-order valence-electron chi connectivity index (χ1n) is 7.47. The number of rotatable bonds is 2. The van der Waals surface area contributed by atoms with E-state index in [1.165, 1.54) is 6.07 Å². The van der Waals surface area contributed by atoms with Crippen molar-refractivity contribution in [1.82, 2.24) is 4.90 Å². The molecule has 1 aliphatic rings. The third-order valence-corrected chi connectivity index (χ3v) is 4.07. The summed E-state index contributed by atoms with van der Waals surface area (Å²) in [6.07, 6.45) is 0. The Morgan fingerprint density at radius 2 is 1.78 bits per heavy atom. The van der Waals surface area contributed by atoms with Crippen LogP contribution in [0, 0.1) is 0 Å². The number of halogens is 1. The van der Waals surface area contributed by atoms with Gasteiger partial charge in [0.05, 0.1) is 0 Å². The van der Waals surface area contributed by atoms with Crippen molar-refractivity contribution < 1.29 is 9.90 Å². The van der Waals surface area contributed by atoms with E-state index in [9.17, 15) is 9.90 Å². The molecule has 2 amide bonds. The first-order valence-corrected chi connectivity index (χ1v) is 7.85. The Balaban J connectivity index is 1.57. The molecule has 0 aromatic heterocycles. The van der Waals surface area contributed by atoms with Crippen molar-refractivity contribution in [2.24, 2.45) is 0 Å². The van der Waals surface area contributed by atoms with Gasteiger partial charge in [0.25, 0.3) is 0 Å². The molecule has 0 aliphatic carbocycles. The van der Waals surface area contributed by atoms with Crippen LogP contribution in [0.3, 0.4) is 0 Å². The lowest BCUT2D eigenvalue weighted by molar-refractivity contribution is 0.208. The molecule has 1 fully saturated rings. The first-order chi connectivity index (χ1) is 11.1. The fourth-order valence-electron chi connectivity index (χ4n) is 2.63. The number of hydrogen-bond acceptors (Lipinski definition) is 3.